The lowest BCUT2D eigenvalue weighted by Crippen LogP contribution is -2.18. The van der Waals surface area contributed by atoms with E-state index in [2.05, 4.69) is 13.8 Å². The van der Waals surface area contributed by atoms with Crippen LogP contribution in [0.4, 0.5) is 0 Å². The van der Waals surface area contributed by atoms with Crippen molar-refractivity contribution >= 4 is 0 Å². The van der Waals surface area contributed by atoms with Crippen LogP contribution in [0.1, 0.15) is 65.2 Å². The minimum Gasteiger partial charge on any atom is -0.396 e. The van der Waals surface area contributed by atoms with Crippen molar-refractivity contribution in [2.75, 3.05) is 13.2 Å². The van der Waals surface area contributed by atoms with E-state index < -0.39 is 0 Å². The molecular formula is C13H28O2. The molecule has 0 aliphatic carbocycles. The molecule has 0 saturated heterocycles. The molecule has 0 fully saturated rings. The maximum absolute atomic E-state index is 9.06. The summed E-state index contributed by atoms with van der Waals surface area (Å²) in [6, 6.07) is 0. The second-order valence-corrected chi connectivity index (χ2v) is 4.92. The molecule has 2 N–H and O–H groups in total. The number of aliphatic hydroxyl groups excluding tert-OH is 2. The molecule has 15 heavy (non-hydrogen) atoms. The van der Waals surface area contributed by atoms with E-state index in [0.717, 1.165) is 19.3 Å². The summed E-state index contributed by atoms with van der Waals surface area (Å²) in [6.45, 7) is 5.12. The first-order valence-electron chi connectivity index (χ1n) is 6.40. The molecule has 0 aliphatic rings. The third kappa shape index (κ3) is 7.80. The van der Waals surface area contributed by atoms with Crippen molar-refractivity contribution in [2.24, 2.45) is 5.41 Å². The zero-order valence-electron chi connectivity index (χ0n) is 10.5. The number of aliphatic hydroxyl groups is 2. The van der Waals surface area contributed by atoms with Crippen molar-refractivity contribution in [1.29, 1.82) is 0 Å². The standard InChI is InChI=1S/C13H28O2/c1-3-4-8-13(2,10-12-15)9-6-5-7-11-14/h14-15H,3-12H2,1-2H3. The molecule has 0 spiro atoms. The zero-order chi connectivity index (χ0) is 11.6. The number of hydrogen-bond donors (Lipinski definition) is 2. The lowest BCUT2D eigenvalue weighted by atomic mass is 9.77. The van der Waals surface area contributed by atoms with Gasteiger partial charge in [-0.15, -0.1) is 0 Å². The van der Waals surface area contributed by atoms with Crippen LogP contribution in [0.2, 0.25) is 0 Å². The van der Waals surface area contributed by atoms with E-state index in [4.69, 9.17) is 10.2 Å². The van der Waals surface area contributed by atoms with Crippen molar-refractivity contribution in [1.82, 2.24) is 0 Å². The van der Waals surface area contributed by atoms with Crippen LogP contribution in [0, 0.1) is 5.41 Å². The molecule has 0 heterocycles. The maximum Gasteiger partial charge on any atom is 0.0436 e. The smallest absolute Gasteiger partial charge is 0.0436 e. The third-order valence-corrected chi connectivity index (χ3v) is 3.29. The van der Waals surface area contributed by atoms with Crippen LogP contribution in [0.25, 0.3) is 0 Å². The Kier molecular flexibility index (Phi) is 9.12. The van der Waals surface area contributed by atoms with E-state index in [1.165, 1.54) is 32.1 Å². The van der Waals surface area contributed by atoms with Crippen molar-refractivity contribution in [3.63, 3.8) is 0 Å². The molecule has 0 amide bonds. The van der Waals surface area contributed by atoms with Gasteiger partial charge in [-0.25, -0.2) is 0 Å². The Hall–Kier alpha value is -0.0800. The molecule has 0 aromatic heterocycles. The second kappa shape index (κ2) is 9.17. The summed E-state index contributed by atoms with van der Waals surface area (Å²) >= 11 is 0. The largest absolute Gasteiger partial charge is 0.396 e. The Balaban J connectivity index is 3.78. The fourth-order valence-corrected chi connectivity index (χ4v) is 2.09. The monoisotopic (exact) mass is 216 g/mol. The van der Waals surface area contributed by atoms with Gasteiger partial charge in [0.2, 0.25) is 0 Å². The summed E-state index contributed by atoms with van der Waals surface area (Å²) < 4.78 is 0. The van der Waals surface area contributed by atoms with Crippen LogP contribution in [-0.4, -0.2) is 23.4 Å². The maximum atomic E-state index is 9.06. The van der Waals surface area contributed by atoms with E-state index in [0.29, 0.717) is 18.6 Å². The van der Waals surface area contributed by atoms with Crippen LogP contribution in [-0.2, 0) is 0 Å². The summed E-state index contributed by atoms with van der Waals surface area (Å²) in [5, 5.41) is 17.8. The van der Waals surface area contributed by atoms with Gasteiger partial charge in [0.05, 0.1) is 0 Å². The second-order valence-electron chi connectivity index (χ2n) is 4.92. The first-order chi connectivity index (χ1) is 7.18. The normalized spacial score (nSPS) is 15.2. The molecular weight excluding hydrogens is 188 g/mol. The predicted octanol–water partition coefficient (Wildman–Crippen LogP) is 3.12. The van der Waals surface area contributed by atoms with Gasteiger partial charge in [-0.05, 0) is 31.1 Å². The third-order valence-electron chi connectivity index (χ3n) is 3.29. The van der Waals surface area contributed by atoms with Gasteiger partial charge in [0.15, 0.2) is 0 Å². The van der Waals surface area contributed by atoms with Gasteiger partial charge in [-0.2, -0.15) is 0 Å². The SMILES string of the molecule is CCCCC(C)(CCO)CCCCCO. The number of rotatable bonds is 10. The first kappa shape index (κ1) is 14.9. The summed E-state index contributed by atoms with van der Waals surface area (Å²) in [6.07, 6.45) is 9.05. The van der Waals surface area contributed by atoms with Crippen LogP contribution < -0.4 is 0 Å². The van der Waals surface area contributed by atoms with Gasteiger partial charge in [0.1, 0.15) is 0 Å². The Morgan fingerprint density at radius 2 is 1.47 bits per heavy atom. The minimum absolute atomic E-state index is 0.306. The average Bonchev–Trinajstić information content (AvgIpc) is 2.22. The Morgan fingerprint density at radius 1 is 0.800 bits per heavy atom. The predicted molar refractivity (Wildman–Crippen MR) is 64.9 cm³/mol. The van der Waals surface area contributed by atoms with E-state index >= 15 is 0 Å². The molecule has 2 heteroatoms. The lowest BCUT2D eigenvalue weighted by Gasteiger charge is -2.29. The molecule has 0 aromatic carbocycles. The Morgan fingerprint density at radius 3 is 2.00 bits per heavy atom. The van der Waals surface area contributed by atoms with E-state index in [9.17, 15) is 0 Å². The summed E-state index contributed by atoms with van der Waals surface area (Å²) in [5.41, 5.74) is 0.320. The van der Waals surface area contributed by atoms with E-state index in [1.807, 2.05) is 0 Å². The van der Waals surface area contributed by atoms with Crippen molar-refractivity contribution in [2.45, 2.75) is 65.2 Å². The molecule has 0 rings (SSSR count). The van der Waals surface area contributed by atoms with Crippen LogP contribution in [0.3, 0.4) is 0 Å². The van der Waals surface area contributed by atoms with Crippen LogP contribution >= 0.6 is 0 Å². The van der Waals surface area contributed by atoms with Gasteiger partial charge in [-0.1, -0.05) is 39.5 Å². The van der Waals surface area contributed by atoms with Crippen molar-refractivity contribution in [3.05, 3.63) is 0 Å². The highest BCUT2D eigenvalue weighted by molar-refractivity contribution is 4.74. The van der Waals surface area contributed by atoms with Gasteiger partial charge in [-0.3, -0.25) is 0 Å². The summed E-state index contributed by atoms with van der Waals surface area (Å²) in [5.74, 6) is 0. The fraction of sp³-hybridized carbons (Fsp3) is 1.00. The number of hydrogen-bond acceptors (Lipinski definition) is 2. The molecule has 0 saturated carbocycles. The molecule has 1 unspecified atom stereocenters. The molecule has 2 nitrogen and oxygen atoms in total. The van der Waals surface area contributed by atoms with E-state index in [1.54, 1.807) is 0 Å². The highest BCUT2D eigenvalue weighted by Gasteiger charge is 2.22. The summed E-state index contributed by atoms with van der Waals surface area (Å²) in [4.78, 5) is 0. The molecule has 0 bridgehead atoms. The Bertz CT molecular complexity index is 136. The minimum atomic E-state index is 0.306. The zero-order valence-corrected chi connectivity index (χ0v) is 10.5. The van der Waals surface area contributed by atoms with Crippen LogP contribution in [0.5, 0.6) is 0 Å². The summed E-state index contributed by atoms with van der Waals surface area (Å²) in [7, 11) is 0. The highest BCUT2D eigenvalue weighted by atomic mass is 16.3. The molecule has 92 valence electrons. The van der Waals surface area contributed by atoms with Crippen LogP contribution in [0.15, 0.2) is 0 Å². The first-order valence-corrected chi connectivity index (χ1v) is 6.40. The molecule has 0 aliphatic heterocycles. The topological polar surface area (TPSA) is 40.5 Å². The Labute approximate surface area is 94.7 Å². The quantitative estimate of drug-likeness (QED) is 0.551. The van der Waals surface area contributed by atoms with Crippen molar-refractivity contribution in [3.8, 4) is 0 Å². The van der Waals surface area contributed by atoms with Gasteiger partial charge in [0, 0.05) is 13.2 Å². The van der Waals surface area contributed by atoms with Crippen molar-refractivity contribution < 1.29 is 10.2 Å². The fourth-order valence-electron chi connectivity index (χ4n) is 2.09. The van der Waals surface area contributed by atoms with Gasteiger partial charge in [0.25, 0.3) is 0 Å². The van der Waals surface area contributed by atoms with E-state index in [-0.39, 0.29) is 0 Å². The average molecular weight is 216 g/mol. The lowest BCUT2D eigenvalue weighted by molar-refractivity contribution is 0.166. The van der Waals surface area contributed by atoms with Gasteiger partial charge < -0.3 is 10.2 Å². The molecule has 1 atom stereocenters. The highest BCUT2D eigenvalue weighted by Crippen LogP contribution is 2.33. The van der Waals surface area contributed by atoms with Gasteiger partial charge >= 0.3 is 0 Å². The molecule has 0 radical (unpaired) electrons. The number of unbranched alkanes of at least 4 members (excludes halogenated alkanes) is 3. The molecule has 0 aromatic rings.